The van der Waals surface area contributed by atoms with Crippen molar-refractivity contribution in [3.63, 3.8) is 0 Å². The van der Waals surface area contributed by atoms with E-state index >= 15 is 0 Å². The van der Waals surface area contributed by atoms with Gasteiger partial charge in [-0.2, -0.15) is 8.78 Å². The monoisotopic (exact) mass is 372 g/mol. The number of ether oxygens (including phenoxy) is 2. The van der Waals surface area contributed by atoms with Gasteiger partial charge >= 0.3 is 6.61 Å². The van der Waals surface area contributed by atoms with E-state index in [-0.39, 0.29) is 5.75 Å². The minimum atomic E-state index is -2.84. The summed E-state index contributed by atoms with van der Waals surface area (Å²) in [7, 11) is 5.41. The van der Waals surface area contributed by atoms with Crippen molar-refractivity contribution in [1.29, 1.82) is 0 Å². The van der Waals surface area contributed by atoms with Crippen LogP contribution in [-0.2, 0) is 11.3 Å². The van der Waals surface area contributed by atoms with Gasteiger partial charge < -0.3 is 25.0 Å². The lowest BCUT2D eigenvalue weighted by atomic mass is 10.1. The van der Waals surface area contributed by atoms with Crippen molar-refractivity contribution in [3.8, 4) is 5.75 Å². The molecule has 1 aromatic carbocycles. The Kier molecular flexibility index (Phi) is 10.6. The molecule has 0 saturated carbocycles. The van der Waals surface area contributed by atoms with Crippen molar-refractivity contribution in [2.24, 2.45) is 4.99 Å². The number of guanidine groups is 1. The Balaban J connectivity index is 2.43. The Morgan fingerprint density at radius 3 is 2.69 bits per heavy atom. The molecule has 0 fully saturated rings. The second-order valence-corrected chi connectivity index (χ2v) is 5.99. The van der Waals surface area contributed by atoms with E-state index in [1.165, 1.54) is 0 Å². The summed E-state index contributed by atoms with van der Waals surface area (Å²) in [4.78, 5) is 6.35. The SMILES string of the molecule is CN=C(NCCCN(C)CCOC)NCc1cc(C)ccc1OC(F)F. The molecule has 148 valence electrons. The van der Waals surface area contributed by atoms with Crippen LogP contribution in [0.3, 0.4) is 0 Å². The van der Waals surface area contributed by atoms with E-state index in [9.17, 15) is 8.78 Å². The highest BCUT2D eigenvalue weighted by atomic mass is 19.3. The van der Waals surface area contributed by atoms with Crippen LogP contribution in [0.1, 0.15) is 17.5 Å². The first kappa shape index (κ1) is 22.1. The Labute approximate surface area is 154 Å². The van der Waals surface area contributed by atoms with Crippen LogP contribution < -0.4 is 15.4 Å². The van der Waals surface area contributed by atoms with Gasteiger partial charge in [-0.25, -0.2) is 0 Å². The second-order valence-electron chi connectivity index (χ2n) is 5.99. The lowest BCUT2D eigenvalue weighted by Crippen LogP contribution is -2.38. The Bertz CT molecular complexity index is 556. The molecule has 0 spiro atoms. The number of hydrogen-bond donors (Lipinski definition) is 2. The summed E-state index contributed by atoms with van der Waals surface area (Å²) in [6.45, 7) is 2.71. The number of nitrogens with zero attached hydrogens (tertiary/aromatic N) is 2. The number of rotatable bonds is 11. The zero-order valence-electron chi connectivity index (χ0n) is 16.0. The molecule has 0 heterocycles. The number of likely N-dealkylation sites (N-methyl/N-ethyl adjacent to an activating group) is 1. The number of nitrogens with one attached hydrogen (secondary N) is 2. The number of halogens is 2. The van der Waals surface area contributed by atoms with E-state index < -0.39 is 6.61 Å². The molecule has 0 aliphatic heterocycles. The van der Waals surface area contributed by atoms with E-state index in [4.69, 9.17) is 4.74 Å². The van der Waals surface area contributed by atoms with Gasteiger partial charge in [-0.05, 0) is 33.0 Å². The third-order valence-electron chi connectivity index (χ3n) is 3.79. The maximum atomic E-state index is 12.5. The molecule has 0 radical (unpaired) electrons. The first-order chi connectivity index (χ1) is 12.5. The number of methoxy groups -OCH3 is 1. The van der Waals surface area contributed by atoms with Gasteiger partial charge in [0.05, 0.1) is 6.61 Å². The van der Waals surface area contributed by atoms with Crippen LogP contribution in [0.5, 0.6) is 5.75 Å². The quantitative estimate of drug-likeness (QED) is 0.354. The summed E-state index contributed by atoms with van der Waals surface area (Å²) in [5.41, 5.74) is 1.64. The number of benzene rings is 1. The molecule has 8 heteroatoms. The predicted octanol–water partition coefficient (Wildman–Crippen LogP) is 2.23. The van der Waals surface area contributed by atoms with Gasteiger partial charge in [0.2, 0.25) is 0 Å². The number of alkyl halides is 2. The van der Waals surface area contributed by atoms with Crippen LogP contribution in [0.15, 0.2) is 23.2 Å². The highest BCUT2D eigenvalue weighted by molar-refractivity contribution is 5.79. The molecule has 1 rings (SSSR count). The molecule has 0 saturated heterocycles. The molecule has 2 N–H and O–H groups in total. The molecule has 0 amide bonds. The lowest BCUT2D eigenvalue weighted by Gasteiger charge is -2.17. The van der Waals surface area contributed by atoms with Crippen molar-refractivity contribution >= 4 is 5.96 Å². The Morgan fingerprint density at radius 1 is 1.27 bits per heavy atom. The molecule has 0 aliphatic rings. The van der Waals surface area contributed by atoms with Crippen LogP contribution in [0, 0.1) is 6.92 Å². The van der Waals surface area contributed by atoms with Crippen molar-refractivity contribution in [3.05, 3.63) is 29.3 Å². The molecule has 6 nitrogen and oxygen atoms in total. The zero-order valence-corrected chi connectivity index (χ0v) is 16.0. The van der Waals surface area contributed by atoms with Crippen molar-refractivity contribution in [2.75, 3.05) is 47.4 Å². The van der Waals surface area contributed by atoms with Gasteiger partial charge in [-0.3, -0.25) is 4.99 Å². The third-order valence-corrected chi connectivity index (χ3v) is 3.79. The fraction of sp³-hybridized carbons (Fsp3) is 0.611. The van der Waals surface area contributed by atoms with Crippen molar-refractivity contribution < 1.29 is 18.3 Å². The average Bonchev–Trinajstić information content (AvgIpc) is 2.61. The van der Waals surface area contributed by atoms with Gasteiger partial charge in [0.25, 0.3) is 0 Å². The predicted molar refractivity (Wildman–Crippen MR) is 100 cm³/mol. The third kappa shape index (κ3) is 8.96. The van der Waals surface area contributed by atoms with Crippen molar-refractivity contribution in [1.82, 2.24) is 15.5 Å². The minimum Gasteiger partial charge on any atom is -0.434 e. The number of aryl methyl sites for hydroxylation is 1. The van der Waals surface area contributed by atoms with Gasteiger partial charge in [-0.15, -0.1) is 0 Å². The summed E-state index contributed by atoms with van der Waals surface area (Å²) in [6, 6.07) is 5.13. The lowest BCUT2D eigenvalue weighted by molar-refractivity contribution is -0.0504. The second kappa shape index (κ2) is 12.4. The Hall–Kier alpha value is -1.93. The molecular weight excluding hydrogens is 342 g/mol. The molecule has 0 atom stereocenters. The van der Waals surface area contributed by atoms with E-state index in [1.54, 1.807) is 26.3 Å². The molecule has 0 unspecified atom stereocenters. The topological polar surface area (TPSA) is 58.1 Å². The molecule has 1 aromatic rings. The summed E-state index contributed by atoms with van der Waals surface area (Å²) in [5, 5.41) is 6.35. The van der Waals surface area contributed by atoms with Crippen molar-refractivity contribution in [2.45, 2.75) is 26.5 Å². The van der Waals surface area contributed by atoms with Crippen LogP contribution in [-0.4, -0.2) is 64.9 Å². The van der Waals surface area contributed by atoms with E-state index in [1.807, 2.05) is 20.0 Å². The average molecular weight is 372 g/mol. The normalized spacial score (nSPS) is 11.9. The molecule has 0 aromatic heterocycles. The van der Waals surface area contributed by atoms with Crippen LogP contribution in [0.2, 0.25) is 0 Å². The maximum absolute atomic E-state index is 12.5. The zero-order chi connectivity index (χ0) is 19.4. The summed E-state index contributed by atoms with van der Waals surface area (Å²) in [5.74, 6) is 0.794. The number of aliphatic imine (C=N–C) groups is 1. The van der Waals surface area contributed by atoms with E-state index in [0.29, 0.717) is 24.7 Å². The fourth-order valence-electron chi connectivity index (χ4n) is 2.37. The summed E-state index contributed by atoms with van der Waals surface area (Å²) < 4.78 is 34.7. The fourth-order valence-corrected chi connectivity index (χ4v) is 2.37. The van der Waals surface area contributed by atoms with Crippen LogP contribution in [0.25, 0.3) is 0 Å². The first-order valence-electron chi connectivity index (χ1n) is 8.62. The van der Waals surface area contributed by atoms with Gasteiger partial charge in [0.1, 0.15) is 5.75 Å². The van der Waals surface area contributed by atoms with Gasteiger partial charge in [-0.1, -0.05) is 17.7 Å². The van der Waals surface area contributed by atoms with Crippen LogP contribution >= 0.6 is 0 Å². The summed E-state index contributed by atoms with van der Waals surface area (Å²) in [6.07, 6.45) is 0.950. The molecular formula is C18H30F2N4O2. The first-order valence-corrected chi connectivity index (χ1v) is 8.62. The minimum absolute atomic E-state index is 0.174. The van der Waals surface area contributed by atoms with E-state index in [2.05, 4.69) is 25.3 Å². The highest BCUT2D eigenvalue weighted by Gasteiger charge is 2.10. The highest BCUT2D eigenvalue weighted by Crippen LogP contribution is 2.21. The van der Waals surface area contributed by atoms with Crippen LogP contribution in [0.4, 0.5) is 8.78 Å². The molecule has 0 aliphatic carbocycles. The molecule has 0 bridgehead atoms. The Morgan fingerprint density at radius 2 is 2.04 bits per heavy atom. The standard InChI is InChI=1S/C18H30F2N4O2/c1-14-6-7-16(26-17(19)20)15(12-14)13-23-18(21-2)22-8-5-9-24(3)10-11-25-4/h6-7,12,17H,5,8-11,13H2,1-4H3,(H2,21,22,23). The smallest absolute Gasteiger partial charge is 0.387 e. The van der Waals surface area contributed by atoms with E-state index in [0.717, 1.165) is 31.6 Å². The van der Waals surface area contributed by atoms with Gasteiger partial charge in [0.15, 0.2) is 5.96 Å². The summed E-state index contributed by atoms with van der Waals surface area (Å²) >= 11 is 0. The van der Waals surface area contributed by atoms with Gasteiger partial charge in [0, 0.05) is 39.4 Å². The molecule has 26 heavy (non-hydrogen) atoms. The number of hydrogen-bond acceptors (Lipinski definition) is 4. The maximum Gasteiger partial charge on any atom is 0.387 e. The largest absolute Gasteiger partial charge is 0.434 e.